The fourth-order valence-corrected chi connectivity index (χ4v) is 2.80. The van der Waals surface area contributed by atoms with E-state index >= 15 is 0 Å². The van der Waals surface area contributed by atoms with Gasteiger partial charge in [-0.3, -0.25) is 4.98 Å². The van der Waals surface area contributed by atoms with Crippen LogP contribution in [0.1, 0.15) is 10.5 Å². The van der Waals surface area contributed by atoms with Gasteiger partial charge in [0.15, 0.2) is 15.5 Å². The third-order valence-corrected chi connectivity index (χ3v) is 4.42. The maximum Gasteiger partial charge on any atom is 0.358 e. The van der Waals surface area contributed by atoms with Crippen LogP contribution in [0, 0.1) is 0 Å². The first kappa shape index (κ1) is 15.8. The van der Waals surface area contributed by atoms with Gasteiger partial charge in [0, 0.05) is 12.5 Å². The first-order valence-electron chi connectivity index (χ1n) is 6.79. The Morgan fingerprint density at radius 1 is 1.12 bits per heavy atom. The number of hydrogen-bond acceptors (Lipinski definition) is 6. The molecule has 0 aliphatic carbocycles. The molecule has 2 heterocycles. The van der Waals surface area contributed by atoms with Crippen LogP contribution in [0.4, 0.5) is 0 Å². The summed E-state index contributed by atoms with van der Waals surface area (Å²) < 4.78 is 24.4. The van der Waals surface area contributed by atoms with Crippen molar-refractivity contribution in [1.29, 1.82) is 0 Å². The quantitative estimate of drug-likeness (QED) is 0.761. The fourth-order valence-electron chi connectivity index (χ4n) is 2.17. The van der Waals surface area contributed by atoms with E-state index in [-0.39, 0.29) is 16.3 Å². The number of carboxylic acids is 1. The smallest absolute Gasteiger partial charge is 0.358 e. The summed E-state index contributed by atoms with van der Waals surface area (Å²) in [5.74, 6) is -1.23. The fraction of sp³-hybridized carbons (Fsp3) is 0.0667. The number of carboxylic acid groups (broad SMARTS) is 1. The van der Waals surface area contributed by atoms with Gasteiger partial charge in [-0.25, -0.2) is 17.9 Å². The van der Waals surface area contributed by atoms with Gasteiger partial charge in [-0.2, -0.15) is 0 Å². The summed E-state index contributed by atoms with van der Waals surface area (Å²) in [5, 5.41) is 16.9. The molecule has 0 aliphatic heterocycles. The second kappa shape index (κ2) is 5.85. The minimum absolute atomic E-state index is 0.157. The van der Waals surface area contributed by atoms with Crippen molar-refractivity contribution in [2.75, 3.05) is 6.26 Å². The van der Waals surface area contributed by atoms with Gasteiger partial charge in [-0.05, 0) is 36.4 Å². The molecule has 122 valence electrons. The predicted molar refractivity (Wildman–Crippen MR) is 84.7 cm³/mol. The summed E-state index contributed by atoms with van der Waals surface area (Å²) in [5.41, 5.74) is 0.853. The Morgan fingerprint density at radius 2 is 1.83 bits per heavy atom. The zero-order valence-electron chi connectivity index (χ0n) is 12.5. The monoisotopic (exact) mass is 344 g/mol. The Bertz CT molecular complexity index is 996. The predicted octanol–water partition coefficient (Wildman–Crippen LogP) is 1.43. The van der Waals surface area contributed by atoms with E-state index in [1.54, 1.807) is 18.2 Å². The van der Waals surface area contributed by atoms with Crippen molar-refractivity contribution in [2.45, 2.75) is 4.90 Å². The standard InChI is InChI=1S/C15H12N4O4S/c1-24(22,23)11-7-5-10(6-8-11)19-14(12-4-2-3-9-16-12)13(15(20)21)17-18-19/h2-9H,1H3,(H,20,21). The molecule has 0 unspecified atom stereocenters. The van der Waals surface area contributed by atoms with Crippen LogP contribution >= 0.6 is 0 Å². The Labute approximate surface area is 137 Å². The molecule has 3 aromatic rings. The van der Waals surface area contributed by atoms with Gasteiger partial charge in [0.2, 0.25) is 0 Å². The summed E-state index contributed by atoms with van der Waals surface area (Å²) in [4.78, 5) is 15.7. The summed E-state index contributed by atoms with van der Waals surface area (Å²) in [6.45, 7) is 0. The van der Waals surface area contributed by atoms with Crippen LogP contribution in [0.15, 0.2) is 53.6 Å². The number of nitrogens with zero attached hydrogens (tertiary/aromatic N) is 4. The Morgan fingerprint density at radius 3 is 2.38 bits per heavy atom. The van der Waals surface area contributed by atoms with E-state index in [4.69, 9.17) is 0 Å². The number of aromatic carboxylic acids is 1. The van der Waals surface area contributed by atoms with Crippen molar-refractivity contribution in [3.63, 3.8) is 0 Å². The zero-order valence-corrected chi connectivity index (χ0v) is 13.3. The van der Waals surface area contributed by atoms with Crippen LogP contribution in [-0.2, 0) is 9.84 Å². The number of benzene rings is 1. The topological polar surface area (TPSA) is 115 Å². The summed E-state index contributed by atoms with van der Waals surface area (Å²) in [7, 11) is -3.32. The highest BCUT2D eigenvalue weighted by Crippen LogP contribution is 2.24. The van der Waals surface area contributed by atoms with E-state index in [1.807, 2.05) is 0 Å². The number of pyridine rings is 1. The largest absolute Gasteiger partial charge is 0.476 e. The van der Waals surface area contributed by atoms with Crippen molar-refractivity contribution in [3.05, 3.63) is 54.4 Å². The van der Waals surface area contributed by atoms with Crippen LogP contribution in [0.5, 0.6) is 0 Å². The molecule has 8 nitrogen and oxygen atoms in total. The molecule has 9 heteroatoms. The molecule has 0 spiro atoms. The first-order valence-corrected chi connectivity index (χ1v) is 8.68. The molecular formula is C15H12N4O4S. The molecule has 0 aliphatic rings. The summed E-state index contributed by atoms with van der Waals surface area (Å²) in [6.07, 6.45) is 2.64. The average molecular weight is 344 g/mol. The highest BCUT2D eigenvalue weighted by atomic mass is 32.2. The van der Waals surface area contributed by atoms with Crippen molar-refractivity contribution in [1.82, 2.24) is 20.0 Å². The summed E-state index contributed by atoms with van der Waals surface area (Å²) >= 11 is 0. The number of sulfone groups is 1. The van der Waals surface area contributed by atoms with Crippen LogP contribution in [0.2, 0.25) is 0 Å². The van der Waals surface area contributed by atoms with E-state index in [2.05, 4.69) is 15.3 Å². The van der Waals surface area contributed by atoms with Crippen LogP contribution in [0.3, 0.4) is 0 Å². The summed E-state index contributed by atoms with van der Waals surface area (Å²) in [6, 6.07) is 11.0. The Kier molecular flexibility index (Phi) is 3.86. The zero-order chi connectivity index (χ0) is 17.3. The van der Waals surface area contributed by atoms with Crippen molar-refractivity contribution >= 4 is 15.8 Å². The lowest BCUT2D eigenvalue weighted by atomic mass is 10.2. The normalized spacial score (nSPS) is 11.4. The molecule has 0 saturated carbocycles. The highest BCUT2D eigenvalue weighted by molar-refractivity contribution is 7.90. The van der Waals surface area contributed by atoms with Crippen molar-refractivity contribution in [3.8, 4) is 17.1 Å². The second-order valence-electron chi connectivity index (χ2n) is 4.98. The molecule has 2 aromatic heterocycles. The van der Waals surface area contributed by atoms with Gasteiger partial charge in [0.1, 0.15) is 5.69 Å². The minimum Gasteiger partial charge on any atom is -0.476 e. The van der Waals surface area contributed by atoms with Crippen molar-refractivity contribution in [2.24, 2.45) is 0 Å². The van der Waals surface area contributed by atoms with Gasteiger partial charge < -0.3 is 5.11 Å². The van der Waals surface area contributed by atoms with E-state index in [1.165, 1.54) is 35.1 Å². The third-order valence-electron chi connectivity index (χ3n) is 3.29. The Hall–Kier alpha value is -3.07. The lowest BCUT2D eigenvalue weighted by Crippen LogP contribution is -2.04. The third kappa shape index (κ3) is 2.88. The first-order chi connectivity index (χ1) is 11.4. The van der Waals surface area contributed by atoms with Crippen LogP contribution in [0.25, 0.3) is 17.1 Å². The molecule has 0 amide bonds. The molecule has 0 saturated heterocycles. The molecule has 24 heavy (non-hydrogen) atoms. The molecule has 0 bridgehead atoms. The van der Waals surface area contributed by atoms with Gasteiger partial charge in [0.05, 0.1) is 16.3 Å². The highest BCUT2D eigenvalue weighted by Gasteiger charge is 2.22. The molecule has 3 rings (SSSR count). The lowest BCUT2D eigenvalue weighted by Gasteiger charge is -2.07. The Balaban J connectivity index is 2.17. The van der Waals surface area contributed by atoms with Gasteiger partial charge in [-0.1, -0.05) is 11.3 Å². The number of hydrogen-bond donors (Lipinski definition) is 1. The number of aromatic nitrogens is 4. The van der Waals surface area contributed by atoms with Gasteiger partial charge >= 0.3 is 5.97 Å². The maximum atomic E-state index is 11.5. The lowest BCUT2D eigenvalue weighted by molar-refractivity contribution is 0.0691. The number of rotatable bonds is 4. The molecule has 1 N–H and O–H groups in total. The molecule has 0 radical (unpaired) electrons. The van der Waals surface area contributed by atoms with Crippen molar-refractivity contribution < 1.29 is 18.3 Å². The van der Waals surface area contributed by atoms with Crippen LogP contribution < -0.4 is 0 Å². The molecule has 1 aromatic carbocycles. The molecule has 0 fully saturated rings. The van der Waals surface area contributed by atoms with Gasteiger partial charge in [0.25, 0.3) is 0 Å². The van der Waals surface area contributed by atoms with E-state index < -0.39 is 15.8 Å². The minimum atomic E-state index is -3.32. The van der Waals surface area contributed by atoms with E-state index in [0.29, 0.717) is 11.4 Å². The number of carbonyl (C=O) groups is 1. The SMILES string of the molecule is CS(=O)(=O)c1ccc(-n2nnc(C(=O)O)c2-c2ccccn2)cc1. The van der Waals surface area contributed by atoms with Gasteiger partial charge in [-0.15, -0.1) is 5.10 Å². The van der Waals surface area contributed by atoms with E-state index in [9.17, 15) is 18.3 Å². The average Bonchev–Trinajstić information content (AvgIpc) is 3.00. The second-order valence-corrected chi connectivity index (χ2v) is 7.00. The molecular weight excluding hydrogens is 332 g/mol. The molecule has 0 atom stereocenters. The van der Waals surface area contributed by atoms with Crippen LogP contribution in [-0.4, -0.2) is 45.7 Å². The van der Waals surface area contributed by atoms with E-state index in [0.717, 1.165) is 6.26 Å². The maximum absolute atomic E-state index is 11.5.